The average molecular weight is 356 g/mol. The van der Waals surface area contributed by atoms with Crippen LogP contribution in [-0.2, 0) is 0 Å². The quantitative estimate of drug-likeness (QED) is 0.821. The molecular formula is C20H23FN3S+. The monoisotopic (exact) mass is 356 g/mol. The van der Waals surface area contributed by atoms with Crippen LogP contribution in [0.3, 0.4) is 0 Å². The first kappa shape index (κ1) is 17.6. The third kappa shape index (κ3) is 5.11. The summed E-state index contributed by atoms with van der Waals surface area (Å²) in [6.07, 6.45) is 4.40. The Bertz CT molecular complexity index is 725. The normalized spacial score (nSPS) is 15.5. The van der Waals surface area contributed by atoms with E-state index in [1.807, 2.05) is 6.07 Å². The molecule has 5 heteroatoms. The van der Waals surface area contributed by atoms with E-state index in [-0.39, 0.29) is 5.82 Å². The van der Waals surface area contributed by atoms with Crippen molar-refractivity contribution in [3.63, 3.8) is 0 Å². The van der Waals surface area contributed by atoms with Crippen LogP contribution in [0.5, 0.6) is 0 Å². The molecule has 3 nitrogen and oxygen atoms in total. The molecule has 0 aliphatic carbocycles. The molecule has 0 amide bonds. The van der Waals surface area contributed by atoms with Crippen LogP contribution in [0.4, 0.5) is 10.1 Å². The second kappa shape index (κ2) is 8.74. The molecule has 0 unspecified atom stereocenters. The maximum absolute atomic E-state index is 13.7. The van der Waals surface area contributed by atoms with Crippen molar-refractivity contribution in [2.24, 2.45) is 0 Å². The lowest BCUT2D eigenvalue weighted by molar-refractivity contribution is -0.897. The Hall–Kier alpha value is -2.24. The van der Waals surface area contributed by atoms with Gasteiger partial charge in [0.05, 0.1) is 38.4 Å². The number of benzene rings is 2. The van der Waals surface area contributed by atoms with E-state index in [0.717, 1.165) is 32.7 Å². The van der Waals surface area contributed by atoms with E-state index in [4.69, 9.17) is 12.2 Å². The molecular weight excluding hydrogens is 333 g/mol. The minimum atomic E-state index is -0.278. The third-order valence-corrected chi connectivity index (χ3v) is 4.75. The van der Waals surface area contributed by atoms with Gasteiger partial charge < -0.3 is 15.1 Å². The van der Waals surface area contributed by atoms with Gasteiger partial charge in [-0.3, -0.25) is 0 Å². The van der Waals surface area contributed by atoms with Gasteiger partial charge in [-0.25, -0.2) is 4.39 Å². The largest absolute Gasteiger partial charge is 0.338 e. The van der Waals surface area contributed by atoms with E-state index in [1.54, 1.807) is 18.2 Å². The molecule has 2 aromatic rings. The standard InChI is InChI=1S/C20H22FN3S/c21-18-10-4-5-11-19(18)22-20(25)24-15-13-23(14-16-24)12-6-9-17-7-2-1-3-8-17/h1-11H,12-16H2,(H,22,25)/p+1/b9-6+. The maximum Gasteiger partial charge on any atom is 0.173 e. The molecule has 25 heavy (non-hydrogen) atoms. The van der Waals surface area contributed by atoms with Crippen molar-refractivity contribution in [3.05, 3.63) is 72.1 Å². The zero-order valence-electron chi connectivity index (χ0n) is 14.1. The zero-order valence-corrected chi connectivity index (χ0v) is 14.9. The first-order valence-corrected chi connectivity index (χ1v) is 8.99. The molecule has 2 N–H and O–H groups in total. The third-order valence-electron chi connectivity index (χ3n) is 4.39. The van der Waals surface area contributed by atoms with Gasteiger partial charge in [0.2, 0.25) is 0 Å². The summed E-state index contributed by atoms with van der Waals surface area (Å²) < 4.78 is 13.7. The van der Waals surface area contributed by atoms with E-state index in [9.17, 15) is 4.39 Å². The first-order chi connectivity index (χ1) is 12.2. The summed E-state index contributed by atoms with van der Waals surface area (Å²) in [5, 5.41) is 3.62. The molecule has 1 saturated heterocycles. The van der Waals surface area contributed by atoms with Crippen LogP contribution in [0.2, 0.25) is 0 Å². The summed E-state index contributed by atoms with van der Waals surface area (Å²) in [5.74, 6) is -0.278. The van der Waals surface area contributed by atoms with E-state index in [1.165, 1.54) is 16.5 Å². The fourth-order valence-corrected chi connectivity index (χ4v) is 3.21. The van der Waals surface area contributed by atoms with Gasteiger partial charge in [-0.05, 0) is 36.0 Å². The fourth-order valence-electron chi connectivity index (χ4n) is 2.91. The molecule has 1 aliphatic rings. The van der Waals surface area contributed by atoms with Crippen LogP contribution in [0.15, 0.2) is 60.7 Å². The van der Waals surface area contributed by atoms with Gasteiger partial charge in [0.15, 0.2) is 5.11 Å². The van der Waals surface area contributed by atoms with Crippen LogP contribution < -0.4 is 10.2 Å². The lowest BCUT2D eigenvalue weighted by atomic mass is 10.2. The number of quaternary nitrogens is 1. The minimum absolute atomic E-state index is 0.278. The first-order valence-electron chi connectivity index (χ1n) is 8.58. The molecule has 0 aromatic heterocycles. The van der Waals surface area contributed by atoms with Crippen LogP contribution in [0, 0.1) is 5.82 Å². The Labute approximate surface area is 153 Å². The Morgan fingerprint density at radius 1 is 1.08 bits per heavy atom. The van der Waals surface area contributed by atoms with E-state index in [0.29, 0.717) is 10.8 Å². The molecule has 0 spiro atoms. The summed E-state index contributed by atoms with van der Waals surface area (Å²) in [6, 6.07) is 17.0. The van der Waals surface area contributed by atoms with Crippen LogP contribution in [0.1, 0.15) is 5.56 Å². The highest BCUT2D eigenvalue weighted by molar-refractivity contribution is 7.80. The smallest absolute Gasteiger partial charge is 0.173 e. The topological polar surface area (TPSA) is 19.7 Å². The van der Waals surface area contributed by atoms with Crippen LogP contribution in [0.25, 0.3) is 6.08 Å². The van der Waals surface area contributed by atoms with Gasteiger partial charge in [0.1, 0.15) is 5.82 Å². The summed E-state index contributed by atoms with van der Waals surface area (Å²) in [4.78, 5) is 3.66. The van der Waals surface area contributed by atoms with E-state index < -0.39 is 0 Å². The summed E-state index contributed by atoms with van der Waals surface area (Å²) in [7, 11) is 0. The molecule has 1 aliphatic heterocycles. The minimum Gasteiger partial charge on any atom is -0.338 e. The van der Waals surface area contributed by atoms with Crippen LogP contribution >= 0.6 is 12.2 Å². The van der Waals surface area contributed by atoms with E-state index in [2.05, 4.69) is 46.6 Å². The number of para-hydroxylation sites is 1. The summed E-state index contributed by atoms with van der Waals surface area (Å²) in [6.45, 7) is 4.83. The number of thiocarbonyl (C=S) groups is 1. The number of hydrogen-bond acceptors (Lipinski definition) is 1. The van der Waals surface area contributed by atoms with Gasteiger partial charge in [-0.15, -0.1) is 0 Å². The van der Waals surface area contributed by atoms with Gasteiger partial charge in [0, 0.05) is 0 Å². The molecule has 3 rings (SSSR count). The predicted octanol–water partition coefficient (Wildman–Crippen LogP) is 2.44. The Balaban J connectivity index is 1.44. The number of hydrogen-bond donors (Lipinski definition) is 2. The number of halogens is 1. The molecule has 0 saturated carbocycles. The molecule has 0 atom stereocenters. The zero-order chi connectivity index (χ0) is 17.5. The molecule has 1 heterocycles. The Morgan fingerprint density at radius 3 is 2.48 bits per heavy atom. The lowest BCUT2D eigenvalue weighted by Gasteiger charge is -2.33. The maximum atomic E-state index is 13.7. The fraction of sp³-hybridized carbons (Fsp3) is 0.250. The second-order valence-corrected chi connectivity index (χ2v) is 6.55. The molecule has 2 aromatic carbocycles. The Morgan fingerprint density at radius 2 is 1.76 bits per heavy atom. The van der Waals surface area contributed by atoms with Crippen molar-refractivity contribution in [2.45, 2.75) is 0 Å². The highest BCUT2D eigenvalue weighted by Crippen LogP contribution is 2.13. The van der Waals surface area contributed by atoms with E-state index >= 15 is 0 Å². The van der Waals surface area contributed by atoms with Gasteiger partial charge in [-0.2, -0.15) is 0 Å². The predicted molar refractivity (Wildman–Crippen MR) is 105 cm³/mol. The number of piperazine rings is 1. The number of nitrogens with zero attached hydrogens (tertiary/aromatic N) is 1. The van der Waals surface area contributed by atoms with Gasteiger partial charge in [0.25, 0.3) is 0 Å². The van der Waals surface area contributed by atoms with Crippen molar-refractivity contribution >= 4 is 29.1 Å². The second-order valence-electron chi connectivity index (χ2n) is 6.16. The number of rotatable bonds is 4. The Kier molecular flexibility index (Phi) is 6.14. The van der Waals surface area contributed by atoms with Crippen molar-refractivity contribution < 1.29 is 9.29 Å². The van der Waals surface area contributed by atoms with Crippen LogP contribution in [-0.4, -0.2) is 42.7 Å². The lowest BCUT2D eigenvalue weighted by Crippen LogP contribution is -3.14. The van der Waals surface area contributed by atoms with Crippen molar-refractivity contribution in [1.82, 2.24) is 4.90 Å². The van der Waals surface area contributed by atoms with Crippen molar-refractivity contribution in [2.75, 3.05) is 38.0 Å². The SMILES string of the molecule is Fc1ccccc1NC(=S)N1CC[NH+](C/C=C/c2ccccc2)CC1. The molecule has 0 bridgehead atoms. The average Bonchev–Trinajstić information content (AvgIpc) is 2.65. The van der Waals surface area contributed by atoms with Crippen molar-refractivity contribution in [1.29, 1.82) is 0 Å². The number of anilines is 1. The number of nitrogens with one attached hydrogen (secondary N) is 2. The molecule has 1 fully saturated rings. The van der Waals surface area contributed by atoms with Gasteiger partial charge >= 0.3 is 0 Å². The highest BCUT2D eigenvalue weighted by atomic mass is 32.1. The summed E-state index contributed by atoms with van der Waals surface area (Å²) in [5.41, 5.74) is 1.67. The van der Waals surface area contributed by atoms with Crippen molar-refractivity contribution in [3.8, 4) is 0 Å². The molecule has 0 radical (unpaired) electrons. The highest BCUT2D eigenvalue weighted by Gasteiger charge is 2.21. The summed E-state index contributed by atoms with van der Waals surface area (Å²) >= 11 is 5.43. The molecule has 130 valence electrons. The van der Waals surface area contributed by atoms with Gasteiger partial charge in [-0.1, -0.05) is 48.5 Å².